The summed E-state index contributed by atoms with van der Waals surface area (Å²) in [5.41, 5.74) is 2.10. The van der Waals surface area contributed by atoms with Crippen molar-refractivity contribution >= 4 is 5.91 Å². The van der Waals surface area contributed by atoms with Crippen molar-refractivity contribution in [2.45, 2.75) is 38.5 Å². The van der Waals surface area contributed by atoms with Gasteiger partial charge >= 0.3 is 0 Å². The van der Waals surface area contributed by atoms with Crippen LogP contribution in [-0.2, 0) is 0 Å². The van der Waals surface area contributed by atoms with Gasteiger partial charge in [0.15, 0.2) is 0 Å². The quantitative estimate of drug-likeness (QED) is 0.908. The van der Waals surface area contributed by atoms with E-state index in [9.17, 15) is 9.18 Å². The maximum Gasteiger partial charge on any atom is 0.257 e. The Labute approximate surface area is 125 Å². The van der Waals surface area contributed by atoms with E-state index in [1.165, 1.54) is 0 Å². The second kappa shape index (κ2) is 6.14. The second-order valence-electron chi connectivity index (χ2n) is 6.22. The van der Waals surface area contributed by atoms with Crippen LogP contribution >= 0.6 is 0 Å². The van der Waals surface area contributed by atoms with Gasteiger partial charge in [0.05, 0.1) is 5.56 Å². The van der Waals surface area contributed by atoms with Gasteiger partial charge in [0.25, 0.3) is 5.91 Å². The number of hydrogen-bond acceptors (Lipinski definition) is 2. The molecule has 3 nitrogen and oxygen atoms in total. The van der Waals surface area contributed by atoms with Gasteiger partial charge in [-0.2, -0.15) is 0 Å². The lowest BCUT2D eigenvalue weighted by atomic mass is 9.88. The van der Waals surface area contributed by atoms with Crippen molar-refractivity contribution in [3.05, 3.63) is 34.6 Å². The molecule has 0 bridgehead atoms. The number of hydrogen-bond donors (Lipinski definition) is 1. The zero-order valence-electron chi connectivity index (χ0n) is 12.6. The van der Waals surface area contributed by atoms with E-state index < -0.39 is 0 Å². The summed E-state index contributed by atoms with van der Waals surface area (Å²) < 4.78 is 14.5. The van der Waals surface area contributed by atoms with Crippen LogP contribution in [-0.4, -0.2) is 37.0 Å². The zero-order valence-corrected chi connectivity index (χ0v) is 12.6. The summed E-state index contributed by atoms with van der Waals surface area (Å²) in [6.07, 6.45) is 4.13. The van der Waals surface area contributed by atoms with Crippen molar-refractivity contribution in [1.29, 1.82) is 0 Å². The van der Waals surface area contributed by atoms with E-state index in [0.29, 0.717) is 5.92 Å². The molecule has 0 unspecified atom stereocenters. The molecule has 1 aromatic carbocycles. The van der Waals surface area contributed by atoms with Crippen molar-refractivity contribution < 1.29 is 9.18 Å². The first-order valence-corrected chi connectivity index (χ1v) is 7.97. The number of nitrogens with one attached hydrogen (secondary N) is 1. The number of carbonyl (C=O) groups is 1. The number of halogens is 1. The molecule has 2 aliphatic rings. The Morgan fingerprint density at radius 2 is 1.90 bits per heavy atom. The van der Waals surface area contributed by atoms with E-state index in [2.05, 4.69) is 5.32 Å². The zero-order chi connectivity index (χ0) is 14.8. The maximum atomic E-state index is 14.5. The standard InChI is InChI=1S/C17H23FN2O/c1-12-10-14(13-4-6-19-7-5-13)11-15(18)16(12)17(21)20-8-2-3-9-20/h10-11,13,19H,2-9H2,1H3. The Balaban J connectivity index is 1.86. The Kier molecular flexibility index (Phi) is 4.24. The topological polar surface area (TPSA) is 32.3 Å². The van der Waals surface area contributed by atoms with Gasteiger partial charge in [0.2, 0.25) is 0 Å². The molecule has 3 rings (SSSR count). The van der Waals surface area contributed by atoms with E-state index in [1.54, 1.807) is 11.0 Å². The monoisotopic (exact) mass is 290 g/mol. The van der Waals surface area contributed by atoms with Crippen LogP contribution in [0.3, 0.4) is 0 Å². The van der Waals surface area contributed by atoms with Crippen LogP contribution < -0.4 is 5.32 Å². The van der Waals surface area contributed by atoms with Gasteiger partial charge in [-0.1, -0.05) is 6.07 Å². The summed E-state index contributed by atoms with van der Waals surface area (Å²) in [6.45, 7) is 5.35. The normalized spacial score (nSPS) is 20.0. The number of piperidine rings is 1. The van der Waals surface area contributed by atoms with Crippen molar-refractivity contribution in [3.8, 4) is 0 Å². The summed E-state index contributed by atoms with van der Waals surface area (Å²) in [5.74, 6) is -0.0739. The molecule has 1 amide bonds. The number of nitrogens with zero attached hydrogens (tertiary/aromatic N) is 1. The van der Waals surface area contributed by atoms with Crippen molar-refractivity contribution in [2.24, 2.45) is 0 Å². The molecule has 0 spiro atoms. The molecule has 0 saturated carbocycles. The summed E-state index contributed by atoms with van der Waals surface area (Å²) in [6, 6.07) is 3.61. The molecule has 2 saturated heterocycles. The molecule has 1 N–H and O–H groups in total. The molecular weight excluding hydrogens is 267 g/mol. The fourth-order valence-corrected chi connectivity index (χ4v) is 3.51. The van der Waals surface area contributed by atoms with Crippen LogP contribution in [0.5, 0.6) is 0 Å². The van der Waals surface area contributed by atoms with Crippen LogP contribution in [0.15, 0.2) is 12.1 Å². The van der Waals surface area contributed by atoms with E-state index >= 15 is 0 Å². The minimum atomic E-state index is -0.347. The van der Waals surface area contributed by atoms with Gasteiger partial charge in [-0.3, -0.25) is 4.79 Å². The molecule has 0 radical (unpaired) electrons. The molecule has 4 heteroatoms. The fourth-order valence-electron chi connectivity index (χ4n) is 3.51. The average Bonchev–Trinajstić information content (AvgIpc) is 3.01. The molecule has 114 valence electrons. The van der Waals surface area contributed by atoms with Crippen molar-refractivity contribution in [2.75, 3.05) is 26.2 Å². The minimum absolute atomic E-state index is 0.139. The van der Waals surface area contributed by atoms with Gasteiger partial charge in [-0.25, -0.2) is 4.39 Å². The van der Waals surface area contributed by atoms with Gasteiger partial charge in [0, 0.05) is 13.1 Å². The fraction of sp³-hybridized carbons (Fsp3) is 0.588. The largest absolute Gasteiger partial charge is 0.339 e. The lowest BCUT2D eigenvalue weighted by Gasteiger charge is -2.24. The van der Waals surface area contributed by atoms with Crippen LogP contribution in [0.4, 0.5) is 4.39 Å². The third-order valence-electron chi connectivity index (χ3n) is 4.73. The first-order chi connectivity index (χ1) is 10.2. The Morgan fingerprint density at radius 3 is 2.52 bits per heavy atom. The first kappa shape index (κ1) is 14.5. The molecule has 2 heterocycles. The summed E-state index contributed by atoms with van der Waals surface area (Å²) in [5, 5.41) is 3.33. The summed E-state index contributed by atoms with van der Waals surface area (Å²) in [7, 11) is 0. The van der Waals surface area contributed by atoms with Crippen LogP contribution in [0.25, 0.3) is 0 Å². The predicted octanol–water partition coefficient (Wildman–Crippen LogP) is 2.84. The number of likely N-dealkylation sites (tertiary alicyclic amines) is 1. The molecule has 1 aromatic rings. The van der Waals surface area contributed by atoms with Gasteiger partial charge in [0.1, 0.15) is 5.82 Å². The molecule has 0 aromatic heterocycles. The minimum Gasteiger partial charge on any atom is -0.339 e. The number of aryl methyl sites for hydroxylation is 1. The van der Waals surface area contributed by atoms with E-state index in [4.69, 9.17) is 0 Å². The average molecular weight is 290 g/mol. The lowest BCUT2D eigenvalue weighted by Crippen LogP contribution is -2.29. The van der Waals surface area contributed by atoms with Crippen molar-refractivity contribution in [3.63, 3.8) is 0 Å². The van der Waals surface area contributed by atoms with E-state index in [-0.39, 0.29) is 17.3 Å². The van der Waals surface area contributed by atoms with Gasteiger partial charge in [-0.15, -0.1) is 0 Å². The molecular formula is C17H23FN2O. The van der Waals surface area contributed by atoms with Crippen molar-refractivity contribution in [1.82, 2.24) is 10.2 Å². The summed E-state index contributed by atoms with van der Waals surface area (Å²) >= 11 is 0. The Bertz CT molecular complexity index is 509. The predicted molar refractivity (Wildman–Crippen MR) is 81.1 cm³/mol. The first-order valence-electron chi connectivity index (χ1n) is 7.97. The highest BCUT2D eigenvalue weighted by molar-refractivity contribution is 5.96. The molecule has 2 fully saturated rings. The van der Waals surface area contributed by atoms with Gasteiger partial charge in [-0.05, 0) is 68.8 Å². The maximum absolute atomic E-state index is 14.5. The lowest BCUT2D eigenvalue weighted by molar-refractivity contribution is 0.0787. The third-order valence-corrected chi connectivity index (χ3v) is 4.73. The molecule has 21 heavy (non-hydrogen) atoms. The smallest absolute Gasteiger partial charge is 0.257 e. The molecule has 0 aliphatic carbocycles. The van der Waals surface area contributed by atoms with Crippen LogP contribution in [0.2, 0.25) is 0 Å². The van der Waals surface area contributed by atoms with E-state index in [0.717, 1.165) is 63.0 Å². The number of carbonyl (C=O) groups excluding carboxylic acids is 1. The highest BCUT2D eigenvalue weighted by Crippen LogP contribution is 2.29. The number of rotatable bonds is 2. The third kappa shape index (κ3) is 2.95. The Morgan fingerprint density at radius 1 is 1.24 bits per heavy atom. The number of amides is 1. The van der Waals surface area contributed by atoms with Crippen LogP contribution in [0, 0.1) is 12.7 Å². The SMILES string of the molecule is Cc1cc(C2CCNCC2)cc(F)c1C(=O)N1CCCC1. The van der Waals surface area contributed by atoms with Gasteiger partial charge < -0.3 is 10.2 Å². The highest BCUT2D eigenvalue weighted by atomic mass is 19.1. The van der Waals surface area contributed by atoms with Crippen LogP contribution in [0.1, 0.15) is 53.1 Å². The number of benzene rings is 1. The Hall–Kier alpha value is -1.42. The molecule has 0 atom stereocenters. The summed E-state index contributed by atoms with van der Waals surface area (Å²) in [4.78, 5) is 14.2. The second-order valence-corrected chi connectivity index (χ2v) is 6.22. The molecule has 2 aliphatic heterocycles. The van der Waals surface area contributed by atoms with E-state index in [1.807, 2.05) is 13.0 Å². The highest BCUT2D eigenvalue weighted by Gasteiger charge is 2.25.